The Morgan fingerprint density at radius 2 is 2.19 bits per heavy atom. The summed E-state index contributed by atoms with van der Waals surface area (Å²) in [6.07, 6.45) is 3.51. The molecule has 2 aromatic rings. The molecule has 0 aliphatic carbocycles. The predicted molar refractivity (Wildman–Crippen MR) is 85.9 cm³/mol. The third-order valence-electron chi connectivity index (χ3n) is 2.68. The highest BCUT2D eigenvalue weighted by atomic mass is 79.9. The lowest BCUT2D eigenvalue weighted by atomic mass is 10.3. The number of nitrogens with zero attached hydrogens (tertiary/aromatic N) is 2. The van der Waals surface area contributed by atoms with Crippen molar-refractivity contribution in [1.82, 2.24) is 9.78 Å². The number of nitrogens with two attached hydrogens (primary N) is 1. The Morgan fingerprint density at radius 3 is 2.86 bits per heavy atom. The fraction of sp³-hybridized carbons (Fsp3) is 0.250. The average molecular weight is 394 g/mol. The maximum absolute atomic E-state index is 12.2. The number of sulfonamides is 1. The van der Waals surface area contributed by atoms with E-state index in [0.29, 0.717) is 28.3 Å². The molecule has 114 valence electrons. The van der Waals surface area contributed by atoms with Crippen molar-refractivity contribution >= 4 is 43.2 Å². The molecule has 6 nitrogen and oxygen atoms in total. The van der Waals surface area contributed by atoms with Gasteiger partial charge in [0.25, 0.3) is 10.0 Å². The van der Waals surface area contributed by atoms with E-state index < -0.39 is 10.0 Å². The van der Waals surface area contributed by atoms with Crippen LogP contribution >= 0.6 is 27.5 Å². The SMILES string of the molecule is NCCCn1cc(S(=O)(=O)Nc2ccc(Br)c(Cl)c2)cn1. The summed E-state index contributed by atoms with van der Waals surface area (Å²) in [7, 11) is -3.69. The minimum Gasteiger partial charge on any atom is -0.330 e. The topological polar surface area (TPSA) is 90.0 Å². The van der Waals surface area contributed by atoms with Crippen LogP contribution in [0.5, 0.6) is 0 Å². The van der Waals surface area contributed by atoms with Crippen molar-refractivity contribution in [2.45, 2.75) is 17.9 Å². The summed E-state index contributed by atoms with van der Waals surface area (Å²) in [5.74, 6) is 0. The zero-order valence-corrected chi connectivity index (χ0v) is 14.1. The van der Waals surface area contributed by atoms with Crippen molar-refractivity contribution in [3.8, 4) is 0 Å². The lowest BCUT2D eigenvalue weighted by Gasteiger charge is -2.07. The number of aromatic nitrogens is 2. The van der Waals surface area contributed by atoms with Crippen LogP contribution in [0.2, 0.25) is 5.02 Å². The molecule has 0 saturated heterocycles. The van der Waals surface area contributed by atoms with Crippen LogP contribution in [0.3, 0.4) is 0 Å². The van der Waals surface area contributed by atoms with Crippen molar-refractivity contribution in [3.63, 3.8) is 0 Å². The largest absolute Gasteiger partial charge is 0.330 e. The summed E-state index contributed by atoms with van der Waals surface area (Å²) in [5, 5.41) is 4.43. The first-order chi connectivity index (χ1) is 9.92. The van der Waals surface area contributed by atoms with E-state index in [0.717, 1.165) is 6.42 Å². The van der Waals surface area contributed by atoms with Gasteiger partial charge in [-0.15, -0.1) is 0 Å². The molecule has 9 heteroatoms. The van der Waals surface area contributed by atoms with Crippen LogP contribution in [0.15, 0.2) is 40.0 Å². The highest BCUT2D eigenvalue weighted by Crippen LogP contribution is 2.26. The number of hydrogen-bond acceptors (Lipinski definition) is 4. The summed E-state index contributed by atoms with van der Waals surface area (Å²) in [4.78, 5) is 0.0959. The molecule has 0 radical (unpaired) electrons. The third kappa shape index (κ3) is 4.19. The van der Waals surface area contributed by atoms with Gasteiger partial charge in [0.15, 0.2) is 0 Å². The second-order valence-electron chi connectivity index (χ2n) is 4.32. The maximum Gasteiger partial charge on any atom is 0.265 e. The van der Waals surface area contributed by atoms with Crippen LogP contribution in [0, 0.1) is 0 Å². The third-order valence-corrected chi connectivity index (χ3v) is 5.25. The molecule has 1 heterocycles. The van der Waals surface area contributed by atoms with Gasteiger partial charge in [-0.3, -0.25) is 9.40 Å². The Bertz CT molecular complexity index is 733. The van der Waals surface area contributed by atoms with Gasteiger partial charge in [0.05, 0.1) is 16.9 Å². The second-order valence-corrected chi connectivity index (χ2v) is 7.26. The molecule has 0 fully saturated rings. The van der Waals surface area contributed by atoms with Gasteiger partial charge in [-0.25, -0.2) is 8.42 Å². The van der Waals surface area contributed by atoms with E-state index in [4.69, 9.17) is 17.3 Å². The number of hydrogen-bond donors (Lipinski definition) is 2. The van der Waals surface area contributed by atoms with Gasteiger partial charge in [0, 0.05) is 17.2 Å². The molecule has 0 aliphatic rings. The summed E-state index contributed by atoms with van der Waals surface area (Å²) in [6.45, 7) is 1.10. The molecule has 0 saturated carbocycles. The quantitative estimate of drug-likeness (QED) is 0.789. The molecule has 0 bridgehead atoms. The summed E-state index contributed by atoms with van der Waals surface area (Å²) in [5.41, 5.74) is 5.80. The lowest BCUT2D eigenvalue weighted by molar-refractivity contribution is 0.582. The van der Waals surface area contributed by atoms with Crippen LogP contribution in [-0.4, -0.2) is 24.7 Å². The Hall–Kier alpha value is -1.09. The smallest absolute Gasteiger partial charge is 0.265 e. The van der Waals surface area contributed by atoms with Gasteiger partial charge < -0.3 is 5.73 Å². The Labute approximate surface area is 136 Å². The molecule has 0 atom stereocenters. The summed E-state index contributed by atoms with van der Waals surface area (Å²) >= 11 is 9.19. The van der Waals surface area contributed by atoms with E-state index in [-0.39, 0.29) is 4.90 Å². The van der Waals surface area contributed by atoms with Crippen LogP contribution < -0.4 is 10.5 Å². The zero-order valence-electron chi connectivity index (χ0n) is 11.0. The maximum atomic E-state index is 12.2. The fourth-order valence-corrected chi connectivity index (χ4v) is 3.06. The number of benzene rings is 1. The van der Waals surface area contributed by atoms with Crippen LogP contribution in [-0.2, 0) is 16.6 Å². The van der Waals surface area contributed by atoms with E-state index >= 15 is 0 Å². The van der Waals surface area contributed by atoms with Gasteiger partial charge in [0.1, 0.15) is 4.90 Å². The minimum atomic E-state index is -3.69. The molecular formula is C12H14BrClN4O2S. The second kappa shape index (κ2) is 6.78. The molecule has 0 aliphatic heterocycles. The summed E-state index contributed by atoms with van der Waals surface area (Å²) < 4.78 is 29.2. The van der Waals surface area contributed by atoms with E-state index in [1.165, 1.54) is 18.5 Å². The van der Waals surface area contributed by atoms with Crippen LogP contribution in [0.1, 0.15) is 6.42 Å². The Balaban J connectivity index is 2.17. The van der Waals surface area contributed by atoms with Gasteiger partial charge >= 0.3 is 0 Å². The monoisotopic (exact) mass is 392 g/mol. The molecule has 1 aromatic heterocycles. The number of aryl methyl sites for hydroxylation is 1. The zero-order chi connectivity index (χ0) is 15.5. The molecule has 1 aromatic carbocycles. The lowest BCUT2D eigenvalue weighted by Crippen LogP contribution is -2.12. The van der Waals surface area contributed by atoms with Crippen molar-refractivity contribution in [2.75, 3.05) is 11.3 Å². The number of rotatable bonds is 6. The Kier molecular flexibility index (Phi) is 5.26. The fourth-order valence-electron chi connectivity index (χ4n) is 1.63. The molecule has 0 amide bonds. The molecule has 2 rings (SSSR count). The first-order valence-electron chi connectivity index (χ1n) is 6.13. The molecule has 0 unspecified atom stereocenters. The average Bonchev–Trinajstić information content (AvgIpc) is 2.90. The molecule has 21 heavy (non-hydrogen) atoms. The number of nitrogens with one attached hydrogen (secondary N) is 1. The van der Waals surface area contributed by atoms with Gasteiger partial charge in [-0.1, -0.05) is 11.6 Å². The van der Waals surface area contributed by atoms with Crippen molar-refractivity contribution in [1.29, 1.82) is 0 Å². The van der Waals surface area contributed by atoms with E-state index in [9.17, 15) is 8.42 Å². The molecule has 3 N–H and O–H groups in total. The highest BCUT2D eigenvalue weighted by Gasteiger charge is 2.17. The molecular weight excluding hydrogens is 380 g/mol. The standard InChI is InChI=1S/C12H14BrClN4O2S/c13-11-3-2-9(6-12(11)14)17-21(19,20)10-7-16-18(8-10)5-1-4-15/h2-3,6-8,17H,1,4-5,15H2. The van der Waals surface area contributed by atoms with Crippen LogP contribution in [0.25, 0.3) is 0 Å². The first kappa shape index (κ1) is 16.3. The predicted octanol–water partition coefficient (Wildman–Crippen LogP) is 2.45. The molecule has 0 spiro atoms. The van der Waals surface area contributed by atoms with Gasteiger partial charge in [0.2, 0.25) is 0 Å². The van der Waals surface area contributed by atoms with E-state index in [2.05, 4.69) is 25.8 Å². The number of anilines is 1. The normalized spacial score (nSPS) is 11.6. The van der Waals surface area contributed by atoms with Crippen molar-refractivity contribution < 1.29 is 8.42 Å². The van der Waals surface area contributed by atoms with E-state index in [1.807, 2.05) is 0 Å². The van der Waals surface area contributed by atoms with Gasteiger partial charge in [-0.2, -0.15) is 5.10 Å². The van der Waals surface area contributed by atoms with Crippen molar-refractivity contribution in [2.24, 2.45) is 5.73 Å². The first-order valence-corrected chi connectivity index (χ1v) is 8.78. The van der Waals surface area contributed by atoms with Crippen molar-refractivity contribution in [3.05, 3.63) is 40.1 Å². The van der Waals surface area contributed by atoms with E-state index in [1.54, 1.807) is 16.8 Å². The van der Waals surface area contributed by atoms with Crippen LogP contribution in [0.4, 0.5) is 5.69 Å². The van der Waals surface area contributed by atoms with Gasteiger partial charge in [-0.05, 0) is 47.1 Å². The summed E-state index contributed by atoms with van der Waals surface area (Å²) in [6, 6.07) is 4.82. The minimum absolute atomic E-state index is 0.0959. The number of halogens is 2. The Morgan fingerprint density at radius 1 is 1.43 bits per heavy atom. The highest BCUT2D eigenvalue weighted by molar-refractivity contribution is 9.10.